The summed E-state index contributed by atoms with van der Waals surface area (Å²) in [4.78, 5) is 0. The summed E-state index contributed by atoms with van der Waals surface area (Å²) >= 11 is 0. The lowest BCUT2D eigenvalue weighted by molar-refractivity contribution is 0.250. The summed E-state index contributed by atoms with van der Waals surface area (Å²) in [6.45, 7) is 2.30. The number of benzene rings is 4. The maximum Gasteiger partial charge on any atom is 0.127 e. The summed E-state index contributed by atoms with van der Waals surface area (Å²) in [6, 6.07) is 32.7. The lowest BCUT2D eigenvalue weighted by Gasteiger charge is -2.41. The second kappa shape index (κ2) is 19.3. The molecule has 0 spiro atoms. The van der Waals surface area contributed by atoms with E-state index in [-0.39, 0.29) is 5.41 Å². The van der Waals surface area contributed by atoms with Crippen molar-refractivity contribution < 1.29 is 9.47 Å². The zero-order valence-corrected chi connectivity index (χ0v) is 30.0. The average Bonchev–Trinajstić information content (AvgIpc) is 3.13. The van der Waals surface area contributed by atoms with Crippen molar-refractivity contribution in [3.05, 3.63) is 108 Å². The Bertz CT molecular complexity index is 1380. The molecule has 0 aliphatic heterocycles. The van der Waals surface area contributed by atoms with Gasteiger partial charge in [0.15, 0.2) is 0 Å². The summed E-state index contributed by atoms with van der Waals surface area (Å²) < 4.78 is 12.3. The van der Waals surface area contributed by atoms with Crippen LogP contribution in [0.1, 0.15) is 134 Å². The van der Waals surface area contributed by atoms with Gasteiger partial charge in [0.25, 0.3) is 0 Å². The van der Waals surface area contributed by atoms with Crippen LogP contribution in [0.4, 0.5) is 11.4 Å². The zero-order valence-electron chi connectivity index (χ0n) is 30.0. The van der Waals surface area contributed by atoms with Crippen LogP contribution in [0, 0.1) is 5.92 Å². The zero-order chi connectivity index (χ0) is 34.2. The number of anilines is 2. The van der Waals surface area contributed by atoms with Crippen molar-refractivity contribution in [3.63, 3.8) is 0 Å². The third-order valence-electron chi connectivity index (χ3n) is 10.7. The highest BCUT2D eigenvalue weighted by Gasteiger charge is 2.38. The number of nitrogens with two attached hydrogens (primary N) is 2. The number of unbranched alkanes of at least 4 members (excludes halogenated alkanes) is 12. The maximum atomic E-state index is 6.14. The van der Waals surface area contributed by atoms with Crippen molar-refractivity contribution >= 4 is 11.4 Å². The molecule has 4 aromatic rings. The first-order chi connectivity index (χ1) is 24.0. The predicted octanol–water partition coefficient (Wildman–Crippen LogP) is 13.4. The highest BCUT2D eigenvalue weighted by Crippen LogP contribution is 2.48. The molecule has 4 heteroatoms. The topological polar surface area (TPSA) is 70.5 Å². The van der Waals surface area contributed by atoms with E-state index in [1.54, 1.807) is 0 Å². The molecule has 1 aliphatic rings. The number of ether oxygens (including phenoxy) is 2. The number of hydrogen-bond acceptors (Lipinski definition) is 4. The van der Waals surface area contributed by atoms with Gasteiger partial charge in [-0.2, -0.15) is 0 Å². The molecule has 1 aliphatic carbocycles. The summed E-state index contributed by atoms with van der Waals surface area (Å²) in [5.41, 5.74) is 15.9. The summed E-state index contributed by atoms with van der Waals surface area (Å²) in [5.74, 6) is 4.09. The SMILES string of the molecule is CCCCCCCCCCCCCCCC1CCC(c2ccc(Oc3ccc(N)cc3)cc2)(c2ccc(Oc3ccc(N)cc3)cc2)CC1. The first-order valence-electron chi connectivity index (χ1n) is 19.3. The number of rotatable bonds is 20. The van der Waals surface area contributed by atoms with Crippen LogP contribution < -0.4 is 20.9 Å². The van der Waals surface area contributed by atoms with E-state index in [1.165, 1.54) is 114 Å². The van der Waals surface area contributed by atoms with Crippen LogP contribution in [0.15, 0.2) is 97.1 Å². The third-order valence-corrected chi connectivity index (χ3v) is 10.7. The van der Waals surface area contributed by atoms with Gasteiger partial charge < -0.3 is 20.9 Å². The van der Waals surface area contributed by atoms with E-state index >= 15 is 0 Å². The van der Waals surface area contributed by atoms with Crippen LogP contribution in [0.3, 0.4) is 0 Å². The van der Waals surface area contributed by atoms with Gasteiger partial charge in [0, 0.05) is 16.8 Å². The van der Waals surface area contributed by atoms with E-state index in [4.69, 9.17) is 20.9 Å². The van der Waals surface area contributed by atoms with E-state index in [2.05, 4.69) is 55.5 Å². The van der Waals surface area contributed by atoms with Crippen LogP contribution >= 0.6 is 0 Å². The molecule has 5 rings (SSSR count). The van der Waals surface area contributed by atoms with E-state index in [0.717, 1.165) is 53.1 Å². The van der Waals surface area contributed by atoms with Gasteiger partial charge in [-0.1, -0.05) is 121 Å². The van der Waals surface area contributed by atoms with Gasteiger partial charge in [0.05, 0.1) is 0 Å². The van der Waals surface area contributed by atoms with Gasteiger partial charge in [-0.25, -0.2) is 0 Å². The predicted molar refractivity (Wildman–Crippen MR) is 208 cm³/mol. The molecule has 4 aromatic carbocycles. The van der Waals surface area contributed by atoms with Crippen molar-refractivity contribution in [2.75, 3.05) is 11.5 Å². The molecule has 0 atom stereocenters. The molecule has 4 nitrogen and oxygen atoms in total. The first-order valence-corrected chi connectivity index (χ1v) is 19.3. The minimum absolute atomic E-state index is 0.0219. The molecule has 0 unspecified atom stereocenters. The van der Waals surface area contributed by atoms with E-state index in [0.29, 0.717) is 0 Å². The molecule has 4 N–H and O–H groups in total. The molecule has 262 valence electrons. The molecular formula is C45H60N2O2. The Morgan fingerprint density at radius 3 is 1.16 bits per heavy atom. The molecule has 0 aromatic heterocycles. The van der Waals surface area contributed by atoms with Crippen LogP contribution in [-0.4, -0.2) is 0 Å². The van der Waals surface area contributed by atoms with Crippen molar-refractivity contribution in [1.29, 1.82) is 0 Å². The third kappa shape index (κ3) is 11.3. The Morgan fingerprint density at radius 1 is 0.469 bits per heavy atom. The minimum atomic E-state index is -0.0219. The molecule has 0 amide bonds. The van der Waals surface area contributed by atoms with Gasteiger partial charge in [0.2, 0.25) is 0 Å². The number of hydrogen-bond donors (Lipinski definition) is 2. The first kappa shape index (κ1) is 36.4. The second-order valence-corrected chi connectivity index (χ2v) is 14.4. The lowest BCUT2D eigenvalue weighted by atomic mass is 9.62. The fraction of sp³-hybridized carbons (Fsp3) is 0.467. The molecule has 49 heavy (non-hydrogen) atoms. The van der Waals surface area contributed by atoms with Crippen molar-refractivity contribution in [1.82, 2.24) is 0 Å². The highest BCUT2D eigenvalue weighted by molar-refractivity contribution is 5.47. The van der Waals surface area contributed by atoms with Gasteiger partial charge in [-0.05, 0) is 116 Å². The molecular weight excluding hydrogens is 601 g/mol. The quantitative estimate of drug-likeness (QED) is 0.0731. The van der Waals surface area contributed by atoms with E-state index < -0.39 is 0 Å². The highest BCUT2D eigenvalue weighted by atomic mass is 16.5. The van der Waals surface area contributed by atoms with Crippen molar-refractivity contribution in [2.24, 2.45) is 5.92 Å². The van der Waals surface area contributed by atoms with Gasteiger partial charge >= 0.3 is 0 Å². The Morgan fingerprint density at radius 2 is 0.796 bits per heavy atom. The standard InChI is InChI=1S/C45H60N2O2/c1-2-3-4-5-6-7-8-9-10-11-12-13-14-15-36-32-34-45(35-33-36,37-16-24-41(25-17-37)48-43-28-20-39(46)21-29-43)38-18-26-42(27-19-38)49-44-30-22-40(47)23-31-44/h16-31,36H,2-15,32-35,46-47H2,1H3. The summed E-state index contributed by atoms with van der Waals surface area (Å²) in [5, 5.41) is 0. The minimum Gasteiger partial charge on any atom is -0.457 e. The smallest absolute Gasteiger partial charge is 0.127 e. The second-order valence-electron chi connectivity index (χ2n) is 14.4. The normalized spacial score (nSPS) is 14.5. The molecule has 0 heterocycles. The molecule has 0 radical (unpaired) electrons. The molecule has 1 fully saturated rings. The summed E-state index contributed by atoms with van der Waals surface area (Å²) in [6.07, 6.45) is 24.6. The van der Waals surface area contributed by atoms with E-state index in [1.807, 2.05) is 48.5 Å². The van der Waals surface area contributed by atoms with Gasteiger partial charge in [-0.15, -0.1) is 0 Å². The van der Waals surface area contributed by atoms with Crippen molar-refractivity contribution in [2.45, 2.75) is 128 Å². The Balaban J connectivity index is 1.14. The van der Waals surface area contributed by atoms with E-state index in [9.17, 15) is 0 Å². The number of nitrogen functional groups attached to an aromatic ring is 2. The molecule has 0 bridgehead atoms. The average molecular weight is 661 g/mol. The van der Waals surface area contributed by atoms with Crippen LogP contribution in [0.2, 0.25) is 0 Å². The van der Waals surface area contributed by atoms with Crippen LogP contribution in [0.5, 0.6) is 23.0 Å². The Hall–Kier alpha value is -3.92. The summed E-state index contributed by atoms with van der Waals surface area (Å²) in [7, 11) is 0. The Kier molecular flexibility index (Phi) is 14.3. The molecule has 0 saturated heterocycles. The maximum absolute atomic E-state index is 6.14. The van der Waals surface area contributed by atoms with Gasteiger partial charge in [0.1, 0.15) is 23.0 Å². The fourth-order valence-electron chi connectivity index (χ4n) is 7.68. The van der Waals surface area contributed by atoms with Gasteiger partial charge in [-0.3, -0.25) is 0 Å². The largest absolute Gasteiger partial charge is 0.457 e. The lowest BCUT2D eigenvalue weighted by Crippen LogP contribution is -2.33. The fourth-order valence-corrected chi connectivity index (χ4v) is 7.68. The van der Waals surface area contributed by atoms with Crippen molar-refractivity contribution in [3.8, 4) is 23.0 Å². The van der Waals surface area contributed by atoms with Crippen LogP contribution in [0.25, 0.3) is 0 Å². The van der Waals surface area contributed by atoms with Crippen LogP contribution in [-0.2, 0) is 5.41 Å². The Labute approximate surface area is 296 Å². The monoisotopic (exact) mass is 660 g/mol. The molecule has 1 saturated carbocycles.